The van der Waals surface area contributed by atoms with Gasteiger partial charge in [0.05, 0.1) is 18.6 Å². The fourth-order valence-corrected chi connectivity index (χ4v) is 1.48. The van der Waals surface area contributed by atoms with Gasteiger partial charge in [-0.1, -0.05) is 12.1 Å². The molecule has 108 valence electrons. The highest BCUT2D eigenvalue weighted by Crippen LogP contribution is 2.06. The molecule has 0 aliphatic carbocycles. The summed E-state index contributed by atoms with van der Waals surface area (Å²) in [5, 5.41) is 11.1. The van der Waals surface area contributed by atoms with E-state index >= 15 is 0 Å². The molecule has 0 heterocycles. The van der Waals surface area contributed by atoms with Gasteiger partial charge in [0.1, 0.15) is 0 Å². The lowest BCUT2D eigenvalue weighted by molar-refractivity contribution is -0.138. The van der Waals surface area contributed by atoms with Gasteiger partial charge in [-0.15, -0.1) is 0 Å². The van der Waals surface area contributed by atoms with Crippen LogP contribution in [0.3, 0.4) is 0 Å². The predicted molar refractivity (Wildman–Crippen MR) is 71.1 cm³/mol. The zero-order chi connectivity index (χ0) is 15.0. The Bertz CT molecular complexity index is 481. The van der Waals surface area contributed by atoms with Crippen LogP contribution in [0.2, 0.25) is 0 Å². The first kappa shape index (κ1) is 15.7. The van der Waals surface area contributed by atoms with Crippen molar-refractivity contribution in [1.82, 2.24) is 5.32 Å². The van der Waals surface area contributed by atoms with Crippen molar-refractivity contribution < 1.29 is 24.2 Å². The van der Waals surface area contributed by atoms with Crippen LogP contribution in [-0.2, 0) is 20.9 Å². The summed E-state index contributed by atoms with van der Waals surface area (Å²) in [5.74, 6) is -1.70. The maximum Gasteiger partial charge on any atom is 0.338 e. The molecule has 0 fully saturated rings. The molecular weight excluding hydrogens is 262 g/mol. The van der Waals surface area contributed by atoms with Gasteiger partial charge < -0.3 is 15.2 Å². The Morgan fingerprint density at radius 3 is 2.35 bits per heavy atom. The third-order valence-electron chi connectivity index (χ3n) is 2.52. The Labute approximate surface area is 116 Å². The van der Waals surface area contributed by atoms with Crippen LogP contribution in [0, 0.1) is 0 Å². The molecule has 2 N–H and O–H groups in total. The number of rotatable bonds is 7. The van der Waals surface area contributed by atoms with E-state index in [1.807, 2.05) is 0 Å². The van der Waals surface area contributed by atoms with Crippen molar-refractivity contribution in [3.63, 3.8) is 0 Å². The number of amides is 1. The van der Waals surface area contributed by atoms with Crippen LogP contribution in [0.15, 0.2) is 24.3 Å². The van der Waals surface area contributed by atoms with Gasteiger partial charge in [0.15, 0.2) is 0 Å². The van der Waals surface area contributed by atoms with E-state index in [1.54, 1.807) is 31.2 Å². The summed E-state index contributed by atoms with van der Waals surface area (Å²) in [5.41, 5.74) is 1.27. The van der Waals surface area contributed by atoms with Gasteiger partial charge in [-0.05, 0) is 24.6 Å². The van der Waals surface area contributed by atoms with Crippen molar-refractivity contribution in [3.8, 4) is 0 Å². The molecule has 0 unspecified atom stereocenters. The maximum atomic E-state index is 11.4. The van der Waals surface area contributed by atoms with Crippen molar-refractivity contribution in [2.75, 3.05) is 6.61 Å². The normalized spacial score (nSPS) is 9.85. The van der Waals surface area contributed by atoms with Crippen LogP contribution in [0.5, 0.6) is 0 Å². The first-order chi connectivity index (χ1) is 9.52. The largest absolute Gasteiger partial charge is 0.481 e. The number of benzene rings is 1. The van der Waals surface area contributed by atoms with Gasteiger partial charge in [0.25, 0.3) is 0 Å². The maximum absolute atomic E-state index is 11.4. The molecule has 1 aromatic rings. The SMILES string of the molecule is CCOC(=O)c1ccc(CNC(=O)CCC(=O)O)cc1. The second kappa shape index (κ2) is 7.93. The lowest BCUT2D eigenvalue weighted by Crippen LogP contribution is -2.23. The third-order valence-corrected chi connectivity index (χ3v) is 2.52. The first-order valence-electron chi connectivity index (χ1n) is 6.27. The fraction of sp³-hybridized carbons (Fsp3) is 0.357. The molecule has 0 aliphatic heterocycles. The van der Waals surface area contributed by atoms with Gasteiger partial charge in [-0.3, -0.25) is 9.59 Å². The number of nitrogens with one attached hydrogen (secondary N) is 1. The topological polar surface area (TPSA) is 92.7 Å². The minimum absolute atomic E-state index is 0.0454. The first-order valence-corrected chi connectivity index (χ1v) is 6.27. The molecule has 20 heavy (non-hydrogen) atoms. The van der Waals surface area contributed by atoms with Crippen LogP contribution in [-0.4, -0.2) is 29.6 Å². The third kappa shape index (κ3) is 5.51. The van der Waals surface area contributed by atoms with E-state index in [-0.39, 0.29) is 24.7 Å². The number of aliphatic carboxylic acids is 1. The second-order valence-corrected chi connectivity index (χ2v) is 4.09. The number of hydrogen-bond acceptors (Lipinski definition) is 4. The standard InChI is InChI=1S/C14H17NO5/c1-2-20-14(19)11-5-3-10(4-6-11)9-15-12(16)7-8-13(17)18/h3-6H,2,7-9H2,1H3,(H,15,16)(H,17,18). The predicted octanol–water partition coefficient (Wildman–Crippen LogP) is 1.34. The second-order valence-electron chi connectivity index (χ2n) is 4.09. The van der Waals surface area contributed by atoms with Crippen molar-refractivity contribution >= 4 is 17.8 Å². The summed E-state index contributed by atoms with van der Waals surface area (Å²) in [6.07, 6.45) is -0.232. The van der Waals surface area contributed by atoms with Crippen molar-refractivity contribution in [2.24, 2.45) is 0 Å². The Morgan fingerprint density at radius 2 is 1.80 bits per heavy atom. The summed E-state index contributed by atoms with van der Waals surface area (Å²) in [6.45, 7) is 2.35. The van der Waals surface area contributed by atoms with Crippen molar-refractivity contribution in [3.05, 3.63) is 35.4 Å². The van der Waals surface area contributed by atoms with Gasteiger partial charge in [0.2, 0.25) is 5.91 Å². The summed E-state index contributed by atoms with van der Waals surface area (Å²) in [7, 11) is 0. The quantitative estimate of drug-likeness (QED) is 0.735. The van der Waals surface area contributed by atoms with E-state index in [0.717, 1.165) is 5.56 Å². The van der Waals surface area contributed by atoms with E-state index in [0.29, 0.717) is 18.7 Å². The highest BCUT2D eigenvalue weighted by molar-refractivity contribution is 5.89. The van der Waals surface area contributed by atoms with Crippen LogP contribution in [0.25, 0.3) is 0 Å². The Balaban J connectivity index is 2.43. The van der Waals surface area contributed by atoms with E-state index in [4.69, 9.17) is 9.84 Å². The van der Waals surface area contributed by atoms with E-state index in [2.05, 4.69) is 5.32 Å². The number of hydrogen-bond donors (Lipinski definition) is 2. The van der Waals surface area contributed by atoms with E-state index in [9.17, 15) is 14.4 Å². The van der Waals surface area contributed by atoms with Gasteiger partial charge >= 0.3 is 11.9 Å². The molecule has 0 saturated heterocycles. The summed E-state index contributed by atoms with van der Waals surface area (Å²) in [4.78, 5) is 33.1. The van der Waals surface area contributed by atoms with E-state index in [1.165, 1.54) is 0 Å². The molecular formula is C14H17NO5. The average Bonchev–Trinajstić information content (AvgIpc) is 2.43. The number of ether oxygens (including phenoxy) is 1. The van der Waals surface area contributed by atoms with E-state index < -0.39 is 5.97 Å². The van der Waals surface area contributed by atoms with Crippen LogP contribution in [0.1, 0.15) is 35.7 Å². The summed E-state index contributed by atoms with van der Waals surface area (Å²) in [6, 6.07) is 6.67. The number of carboxylic acids is 1. The van der Waals surface area contributed by atoms with Crippen LogP contribution >= 0.6 is 0 Å². The van der Waals surface area contributed by atoms with Crippen LogP contribution < -0.4 is 5.32 Å². The highest BCUT2D eigenvalue weighted by atomic mass is 16.5. The molecule has 1 aromatic carbocycles. The van der Waals surface area contributed by atoms with Gasteiger partial charge in [-0.2, -0.15) is 0 Å². The Hall–Kier alpha value is -2.37. The number of carboxylic acid groups (broad SMARTS) is 1. The number of esters is 1. The minimum Gasteiger partial charge on any atom is -0.481 e. The molecule has 0 bridgehead atoms. The fourth-order valence-electron chi connectivity index (χ4n) is 1.48. The molecule has 0 aromatic heterocycles. The molecule has 0 aliphatic rings. The Morgan fingerprint density at radius 1 is 1.15 bits per heavy atom. The lowest BCUT2D eigenvalue weighted by Gasteiger charge is -2.06. The summed E-state index contributed by atoms with van der Waals surface area (Å²) >= 11 is 0. The molecule has 1 rings (SSSR count). The van der Waals surface area contributed by atoms with Crippen molar-refractivity contribution in [2.45, 2.75) is 26.3 Å². The van der Waals surface area contributed by atoms with Gasteiger partial charge in [-0.25, -0.2) is 4.79 Å². The number of carbonyl (C=O) groups is 3. The zero-order valence-corrected chi connectivity index (χ0v) is 11.2. The molecule has 0 spiro atoms. The minimum atomic E-state index is -1.00. The molecule has 0 atom stereocenters. The smallest absolute Gasteiger partial charge is 0.338 e. The Kier molecular flexibility index (Phi) is 6.22. The molecule has 0 radical (unpaired) electrons. The average molecular weight is 279 g/mol. The summed E-state index contributed by atoms with van der Waals surface area (Å²) < 4.78 is 4.86. The van der Waals surface area contributed by atoms with Crippen LogP contribution in [0.4, 0.5) is 0 Å². The molecule has 0 saturated carbocycles. The molecule has 6 nitrogen and oxygen atoms in total. The van der Waals surface area contributed by atoms with Gasteiger partial charge in [0, 0.05) is 13.0 Å². The monoisotopic (exact) mass is 279 g/mol. The number of carbonyl (C=O) groups excluding carboxylic acids is 2. The molecule has 6 heteroatoms. The molecule has 1 amide bonds. The van der Waals surface area contributed by atoms with Crippen molar-refractivity contribution in [1.29, 1.82) is 0 Å². The zero-order valence-electron chi connectivity index (χ0n) is 11.2. The highest BCUT2D eigenvalue weighted by Gasteiger charge is 2.07. The lowest BCUT2D eigenvalue weighted by atomic mass is 10.1.